The third kappa shape index (κ3) is 5.30. The molecule has 13 aromatic rings. The molecule has 0 saturated carbocycles. The molecule has 0 unspecified atom stereocenters. The molecule has 3 heterocycles. The molecule has 0 spiro atoms. The van der Waals surface area contributed by atoms with E-state index in [1.165, 1.54) is 5.56 Å². The predicted octanol–water partition coefficient (Wildman–Crippen LogP) is 17.2. The maximum absolute atomic E-state index is 7.16. The molecule has 0 aliphatic carbocycles. The van der Waals surface area contributed by atoms with Gasteiger partial charge < -0.3 is 23.1 Å². The van der Waals surface area contributed by atoms with Crippen LogP contribution < -0.4 is 9.80 Å². The highest BCUT2D eigenvalue weighted by Crippen LogP contribution is 2.51. The van der Waals surface area contributed by atoms with Crippen molar-refractivity contribution in [2.75, 3.05) is 9.80 Å². The lowest BCUT2D eigenvalue weighted by atomic mass is 9.98. The van der Waals surface area contributed by atoms with E-state index in [9.17, 15) is 0 Å². The Balaban J connectivity index is 1.14. The van der Waals surface area contributed by atoms with Crippen molar-refractivity contribution in [3.63, 3.8) is 0 Å². The molecule has 0 fully saturated rings. The quantitative estimate of drug-likeness (QED) is 0.167. The summed E-state index contributed by atoms with van der Waals surface area (Å²) in [7, 11) is 0. The van der Waals surface area contributed by atoms with E-state index in [1.54, 1.807) is 0 Å². The van der Waals surface area contributed by atoms with Gasteiger partial charge in [0.25, 0.3) is 0 Å². The van der Waals surface area contributed by atoms with Crippen LogP contribution >= 0.6 is 0 Å². The minimum atomic E-state index is 0.836. The van der Waals surface area contributed by atoms with Gasteiger partial charge in [-0.05, 0) is 79.6 Å². The van der Waals surface area contributed by atoms with Crippen molar-refractivity contribution in [2.24, 2.45) is 0 Å². The second-order valence-corrected chi connectivity index (χ2v) is 16.5. The van der Waals surface area contributed by atoms with E-state index in [4.69, 9.17) is 13.3 Å². The van der Waals surface area contributed by atoms with Gasteiger partial charge in [-0.1, -0.05) is 140 Å². The van der Waals surface area contributed by atoms with Gasteiger partial charge in [0.05, 0.1) is 22.7 Å². The molecule has 0 radical (unpaired) electrons. The van der Waals surface area contributed by atoms with Gasteiger partial charge in [0, 0.05) is 65.2 Å². The van der Waals surface area contributed by atoms with Gasteiger partial charge in [0.2, 0.25) is 0 Å². The van der Waals surface area contributed by atoms with Crippen LogP contribution in [0.5, 0.6) is 0 Å². The number of rotatable bonds is 6. The van der Waals surface area contributed by atoms with Crippen molar-refractivity contribution in [3.05, 3.63) is 205 Å². The summed E-state index contributed by atoms with van der Waals surface area (Å²) in [6.45, 7) is 4.32. The third-order valence-electron chi connectivity index (χ3n) is 12.8. The molecule has 0 N–H and O–H groups in total. The van der Waals surface area contributed by atoms with Crippen LogP contribution in [0.3, 0.4) is 0 Å². The SMILES string of the molecule is Cc1cccc(N(c2cc3c4cc(N(c5ccccc5C)c5cccc6c5oc5ccccc56)c5ccccc5c4oc3c3ccccc23)c2cccc3c2oc2ccccc23)c1. The van der Waals surface area contributed by atoms with Crippen molar-refractivity contribution in [3.8, 4) is 0 Å². The monoisotopic (exact) mass is 810 g/mol. The average Bonchev–Trinajstić information content (AvgIpc) is 4.02. The molecule has 0 aliphatic heterocycles. The van der Waals surface area contributed by atoms with Crippen LogP contribution in [0.4, 0.5) is 34.1 Å². The van der Waals surface area contributed by atoms with E-state index >= 15 is 0 Å². The van der Waals surface area contributed by atoms with Gasteiger partial charge in [0.15, 0.2) is 11.2 Å². The highest BCUT2D eigenvalue weighted by Gasteiger charge is 2.27. The van der Waals surface area contributed by atoms with E-state index in [0.717, 1.165) is 127 Å². The second kappa shape index (κ2) is 13.6. The Bertz CT molecular complexity index is 3980. The number of benzene rings is 10. The van der Waals surface area contributed by atoms with Gasteiger partial charge in [-0.25, -0.2) is 0 Å². The molecule has 3 aromatic heterocycles. The molecule has 0 bridgehead atoms. The molecule has 0 saturated heterocycles. The Morgan fingerprint density at radius 2 is 0.714 bits per heavy atom. The first kappa shape index (κ1) is 35.5. The topological polar surface area (TPSA) is 45.9 Å². The first-order valence-electron chi connectivity index (χ1n) is 21.4. The molecule has 5 nitrogen and oxygen atoms in total. The Kier molecular flexibility index (Phi) is 7.67. The molecule has 13 rings (SSSR count). The fourth-order valence-corrected chi connectivity index (χ4v) is 9.95. The maximum Gasteiger partial charge on any atom is 0.159 e. The van der Waals surface area contributed by atoms with Crippen molar-refractivity contribution in [1.29, 1.82) is 0 Å². The van der Waals surface area contributed by atoms with Crippen molar-refractivity contribution >= 4 is 121 Å². The lowest BCUT2D eigenvalue weighted by Crippen LogP contribution is -2.12. The van der Waals surface area contributed by atoms with E-state index in [1.807, 2.05) is 24.3 Å². The largest absolute Gasteiger partial charge is 0.455 e. The average molecular weight is 811 g/mol. The minimum absolute atomic E-state index is 0.836. The first-order valence-corrected chi connectivity index (χ1v) is 21.4. The summed E-state index contributed by atoms with van der Waals surface area (Å²) in [5.74, 6) is 0. The van der Waals surface area contributed by atoms with Crippen LogP contribution in [0.15, 0.2) is 207 Å². The first-order chi connectivity index (χ1) is 31.1. The summed E-state index contributed by atoms with van der Waals surface area (Å²) in [5.41, 5.74) is 13.5. The molecular weight excluding hydrogens is 773 g/mol. The highest BCUT2D eigenvalue weighted by molar-refractivity contribution is 6.26. The van der Waals surface area contributed by atoms with Gasteiger partial charge in [0.1, 0.15) is 22.3 Å². The number of hydrogen-bond donors (Lipinski definition) is 0. The number of aryl methyl sites for hydroxylation is 2. The Morgan fingerprint density at radius 3 is 1.29 bits per heavy atom. The number of furan rings is 3. The summed E-state index contributed by atoms with van der Waals surface area (Å²) in [6, 6.07) is 68.7. The molecular formula is C58H38N2O3. The van der Waals surface area contributed by atoms with Gasteiger partial charge >= 0.3 is 0 Å². The van der Waals surface area contributed by atoms with Crippen LogP contribution in [-0.4, -0.2) is 0 Å². The van der Waals surface area contributed by atoms with Crippen molar-refractivity contribution in [1.82, 2.24) is 0 Å². The summed E-state index contributed by atoms with van der Waals surface area (Å²) in [4.78, 5) is 4.74. The highest BCUT2D eigenvalue weighted by atomic mass is 16.3. The lowest BCUT2D eigenvalue weighted by Gasteiger charge is -2.28. The summed E-state index contributed by atoms with van der Waals surface area (Å²) in [5, 5.41) is 10.6. The van der Waals surface area contributed by atoms with E-state index in [-0.39, 0.29) is 0 Å². The van der Waals surface area contributed by atoms with Crippen molar-refractivity contribution in [2.45, 2.75) is 13.8 Å². The third-order valence-corrected chi connectivity index (χ3v) is 12.8. The molecule has 298 valence electrons. The maximum atomic E-state index is 7.16. The standard InChI is InChI=1S/C58H38N2O3/c1-35-16-13-18-37(32-35)59(49-28-14-25-44-40-21-8-11-30-53(40)61-57(44)49)51-33-46-47-34-52(39-20-5-7-24-43(39)56(47)63-55(46)42-23-6-4-19-38(42)51)60(48-27-10-3-17-36(48)2)50-29-15-26-45-41-22-9-12-31-54(41)62-58(45)50/h3-34H,1-2H3. The van der Waals surface area contributed by atoms with Crippen LogP contribution in [0, 0.1) is 13.8 Å². The fraction of sp³-hybridized carbons (Fsp3) is 0.0345. The Labute approximate surface area is 362 Å². The van der Waals surface area contributed by atoms with Crippen LogP contribution in [0.25, 0.3) is 87.4 Å². The fourth-order valence-electron chi connectivity index (χ4n) is 9.95. The number of fused-ring (bicyclic) bond motifs is 13. The zero-order valence-electron chi connectivity index (χ0n) is 34.6. The molecule has 0 amide bonds. The van der Waals surface area contributed by atoms with Crippen molar-refractivity contribution < 1.29 is 13.3 Å². The number of nitrogens with zero attached hydrogens (tertiary/aromatic N) is 2. The predicted molar refractivity (Wildman–Crippen MR) is 262 cm³/mol. The van der Waals surface area contributed by atoms with Crippen LogP contribution in [0.2, 0.25) is 0 Å². The Hall–Kier alpha value is -8.28. The second-order valence-electron chi connectivity index (χ2n) is 16.5. The Morgan fingerprint density at radius 1 is 0.286 bits per heavy atom. The minimum Gasteiger partial charge on any atom is -0.455 e. The number of para-hydroxylation sites is 5. The molecule has 5 heteroatoms. The normalized spacial score (nSPS) is 12.0. The molecule has 0 aliphatic rings. The van der Waals surface area contributed by atoms with E-state index < -0.39 is 0 Å². The van der Waals surface area contributed by atoms with Crippen LogP contribution in [-0.2, 0) is 0 Å². The molecule has 0 atom stereocenters. The zero-order valence-corrected chi connectivity index (χ0v) is 34.6. The van der Waals surface area contributed by atoms with E-state index in [0.29, 0.717) is 0 Å². The lowest BCUT2D eigenvalue weighted by molar-refractivity contribution is 0.668. The summed E-state index contributed by atoms with van der Waals surface area (Å²) >= 11 is 0. The number of hydrogen-bond acceptors (Lipinski definition) is 5. The van der Waals surface area contributed by atoms with Gasteiger partial charge in [-0.15, -0.1) is 0 Å². The van der Waals surface area contributed by atoms with Gasteiger partial charge in [-0.2, -0.15) is 0 Å². The van der Waals surface area contributed by atoms with Crippen LogP contribution in [0.1, 0.15) is 11.1 Å². The summed E-state index contributed by atoms with van der Waals surface area (Å²) in [6.07, 6.45) is 0. The van der Waals surface area contributed by atoms with E-state index in [2.05, 4.69) is 194 Å². The number of anilines is 6. The summed E-state index contributed by atoms with van der Waals surface area (Å²) < 4.78 is 20.7. The van der Waals surface area contributed by atoms with Gasteiger partial charge in [-0.3, -0.25) is 0 Å². The smallest absolute Gasteiger partial charge is 0.159 e. The zero-order chi connectivity index (χ0) is 41.8. The molecule has 63 heavy (non-hydrogen) atoms. The molecule has 10 aromatic carbocycles.